The van der Waals surface area contributed by atoms with E-state index in [1.165, 1.54) is 11.8 Å². The van der Waals surface area contributed by atoms with E-state index in [0.717, 1.165) is 4.90 Å². The smallest absolute Gasteiger partial charge is 0.335 e. The number of benzene rings is 1. The summed E-state index contributed by atoms with van der Waals surface area (Å²) in [6.45, 7) is 1.72. The Hall–Kier alpha value is -1.00. The zero-order valence-electron chi connectivity index (χ0n) is 7.80. The van der Waals surface area contributed by atoms with Crippen LogP contribution in [0.1, 0.15) is 17.3 Å². The Balaban J connectivity index is 2.60. The topological polar surface area (TPSA) is 57.5 Å². The van der Waals surface area contributed by atoms with Crippen LogP contribution in [-0.4, -0.2) is 28.0 Å². The van der Waals surface area contributed by atoms with Gasteiger partial charge in [0.2, 0.25) is 0 Å². The molecule has 76 valence electrons. The summed E-state index contributed by atoms with van der Waals surface area (Å²) in [5.41, 5.74) is 0.284. The fraction of sp³-hybridized carbons (Fsp3) is 0.300. The van der Waals surface area contributed by atoms with E-state index in [1.807, 2.05) is 0 Å². The second-order valence-corrected chi connectivity index (χ2v) is 4.08. The van der Waals surface area contributed by atoms with Crippen molar-refractivity contribution >= 4 is 17.7 Å². The average molecular weight is 212 g/mol. The van der Waals surface area contributed by atoms with E-state index in [0.29, 0.717) is 5.75 Å². The molecule has 0 saturated carbocycles. The van der Waals surface area contributed by atoms with Crippen molar-refractivity contribution in [3.63, 3.8) is 0 Å². The lowest BCUT2D eigenvalue weighted by molar-refractivity contribution is 0.0697. The summed E-state index contributed by atoms with van der Waals surface area (Å²) < 4.78 is 0. The van der Waals surface area contributed by atoms with Gasteiger partial charge in [0.05, 0.1) is 11.7 Å². The van der Waals surface area contributed by atoms with E-state index in [1.54, 1.807) is 31.2 Å². The van der Waals surface area contributed by atoms with E-state index < -0.39 is 5.97 Å². The first-order chi connectivity index (χ1) is 6.59. The average Bonchev–Trinajstić information content (AvgIpc) is 2.15. The van der Waals surface area contributed by atoms with Crippen LogP contribution < -0.4 is 0 Å². The fourth-order valence-corrected chi connectivity index (χ4v) is 1.67. The van der Waals surface area contributed by atoms with Crippen molar-refractivity contribution in [2.24, 2.45) is 0 Å². The molecule has 1 aromatic carbocycles. The molecule has 4 heteroatoms. The molecule has 3 nitrogen and oxygen atoms in total. The number of hydrogen-bond donors (Lipinski definition) is 2. The number of hydrogen-bond acceptors (Lipinski definition) is 3. The third kappa shape index (κ3) is 3.40. The molecule has 0 aromatic heterocycles. The van der Waals surface area contributed by atoms with Gasteiger partial charge in [-0.25, -0.2) is 4.79 Å². The lowest BCUT2D eigenvalue weighted by Crippen LogP contribution is -2.02. The Morgan fingerprint density at radius 2 is 2.00 bits per heavy atom. The van der Waals surface area contributed by atoms with Gasteiger partial charge in [0.1, 0.15) is 0 Å². The Bertz CT molecular complexity index is 306. The number of rotatable bonds is 4. The minimum Gasteiger partial charge on any atom is -0.478 e. The van der Waals surface area contributed by atoms with Gasteiger partial charge in [0.25, 0.3) is 0 Å². The van der Waals surface area contributed by atoms with Crippen LogP contribution in [0.5, 0.6) is 0 Å². The van der Waals surface area contributed by atoms with Gasteiger partial charge in [0.15, 0.2) is 0 Å². The quantitative estimate of drug-likeness (QED) is 0.748. The summed E-state index contributed by atoms with van der Waals surface area (Å²) in [5, 5.41) is 17.7. The van der Waals surface area contributed by atoms with E-state index in [9.17, 15) is 4.79 Å². The second-order valence-electron chi connectivity index (χ2n) is 2.99. The Labute approximate surface area is 86.8 Å². The van der Waals surface area contributed by atoms with Gasteiger partial charge in [-0.1, -0.05) is 0 Å². The van der Waals surface area contributed by atoms with E-state index in [-0.39, 0.29) is 11.7 Å². The molecule has 0 heterocycles. The highest BCUT2D eigenvalue weighted by Gasteiger charge is 2.02. The minimum absolute atomic E-state index is 0.284. The molecule has 1 aromatic rings. The van der Waals surface area contributed by atoms with Crippen molar-refractivity contribution in [2.75, 3.05) is 5.75 Å². The van der Waals surface area contributed by atoms with Crippen LogP contribution in [0.25, 0.3) is 0 Å². The van der Waals surface area contributed by atoms with Crippen LogP contribution in [0.4, 0.5) is 0 Å². The lowest BCUT2D eigenvalue weighted by atomic mass is 10.2. The molecule has 0 aliphatic heterocycles. The molecule has 0 fully saturated rings. The number of carboxylic acids is 1. The number of aromatic carboxylic acids is 1. The molecule has 0 aliphatic rings. The third-order valence-corrected chi connectivity index (χ3v) is 2.85. The zero-order valence-corrected chi connectivity index (χ0v) is 8.62. The first-order valence-corrected chi connectivity index (χ1v) is 5.22. The van der Waals surface area contributed by atoms with Crippen molar-refractivity contribution in [1.82, 2.24) is 0 Å². The number of carboxylic acid groups (broad SMARTS) is 1. The standard InChI is InChI=1S/C10H12O3S/c1-7(11)6-14-9-4-2-8(3-5-9)10(12)13/h2-5,7,11H,6H2,1H3,(H,12,13). The van der Waals surface area contributed by atoms with Crippen molar-refractivity contribution in [3.05, 3.63) is 29.8 Å². The van der Waals surface area contributed by atoms with Gasteiger partial charge < -0.3 is 10.2 Å². The Morgan fingerprint density at radius 1 is 1.43 bits per heavy atom. The van der Waals surface area contributed by atoms with Crippen LogP contribution in [-0.2, 0) is 0 Å². The molecule has 14 heavy (non-hydrogen) atoms. The molecular weight excluding hydrogens is 200 g/mol. The monoisotopic (exact) mass is 212 g/mol. The Morgan fingerprint density at radius 3 is 2.43 bits per heavy atom. The van der Waals surface area contributed by atoms with Crippen molar-refractivity contribution in [2.45, 2.75) is 17.9 Å². The molecule has 0 bridgehead atoms. The second kappa shape index (κ2) is 5.02. The highest BCUT2D eigenvalue weighted by molar-refractivity contribution is 7.99. The molecule has 2 N–H and O–H groups in total. The van der Waals surface area contributed by atoms with Gasteiger partial charge in [-0.15, -0.1) is 11.8 Å². The van der Waals surface area contributed by atoms with E-state index in [4.69, 9.17) is 10.2 Å². The first-order valence-electron chi connectivity index (χ1n) is 4.24. The van der Waals surface area contributed by atoms with Crippen LogP contribution in [0, 0.1) is 0 Å². The van der Waals surface area contributed by atoms with Crippen LogP contribution in [0.15, 0.2) is 29.2 Å². The molecule has 0 amide bonds. The maximum absolute atomic E-state index is 10.5. The van der Waals surface area contributed by atoms with Gasteiger partial charge in [-0.2, -0.15) is 0 Å². The minimum atomic E-state index is -0.919. The summed E-state index contributed by atoms with van der Waals surface area (Å²) in [5.74, 6) is -0.302. The number of aliphatic hydroxyl groups excluding tert-OH is 1. The van der Waals surface area contributed by atoms with Crippen molar-refractivity contribution in [1.29, 1.82) is 0 Å². The number of aliphatic hydroxyl groups is 1. The summed E-state index contributed by atoms with van der Waals surface area (Å²) in [4.78, 5) is 11.5. The van der Waals surface area contributed by atoms with Gasteiger partial charge in [-0.05, 0) is 31.2 Å². The maximum atomic E-state index is 10.5. The van der Waals surface area contributed by atoms with Crippen molar-refractivity contribution in [3.8, 4) is 0 Å². The molecule has 0 spiro atoms. The summed E-state index contributed by atoms with van der Waals surface area (Å²) in [6.07, 6.45) is -0.348. The predicted molar refractivity (Wildman–Crippen MR) is 55.8 cm³/mol. The summed E-state index contributed by atoms with van der Waals surface area (Å²) in [7, 11) is 0. The van der Waals surface area contributed by atoms with Crippen LogP contribution in [0.2, 0.25) is 0 Å². The van der Waals surface area contributed by atoms with Crippen molar-refractivity contribution < 1.29 is 15.0 Å². The number of carbonyl (C=O) groups is 1. The Kier molecular flexibility index (Phi) is 3.98. The molecule has 1 unspecified atom stereocenters. The highest BCUT2D eigenvalue weighted by Crippen LogP contribution is 2.19. The summed E-state index contributed by atoms with van der Waals surface area (Å²) >= 11 is 1.51. The summed E-state index contributed by atoms with van der Waals surface area (Å²) in [6, 6.07) is 6.62. The molecule has 0 saturated heterocycles. The van der Waals surface area contributed by atoms with Gasteiger partial charge in [0, 0.05) is 10.6 Å². The molecule has 1 rings (SSSR count). The lowest BCUT2D eigenvalue weighted by Gasteiger charge is -2.03. The normalized spacial score (nSPS) is 12.4. The molecule has 0 aliphatic carbocycles. The van der Waals surface area contributed by atoms with Gasteiger partial charge in [-0.3, -0.25) is 0 Å². The van der Waals surface area contributed by atoms with Crippen LogP contribution >= 0.6 is 11.8 Å². The molecule has 0 radical (unpaired) electrons. The predicted octanol–water partition coefficient (Wildman–Crippen LogP) is 1.86. The zero-order chi connectivity index (χ0) is 10.6. The van der Waals surface area contributed by atoms with Crippen LogP contribution in [0.3, 0.4) is 0 Å². The SMILES string of the molecule is CC(O)CSc1ccc(C(=O)O)cc1. The highest BCUT2D eigenvalue weighted by atomic mass is 32.2. The number of thioether (sulfide) groups is 1. The molecule has 1 atom stereocenters. The maximum Gasteiger partial charge on any atom is 0.335 e. The van der Waals surface area contributed by atoms with E-state index in [2.05, 4.69) is 0 Å². The van der Waals surface area contributed by atoms with E-state index >= 15 is 0 Å². The largest absolute Gasteiger partial charge is 0.478 e. The fourth-order valence-electron chi connectivity index (χ4n) is 0.911. The van der Waals surface area contributed by atoms with Gasteiger partial charge >= 0.3 is 5.97 Å². The molecular formula is C10H12O3S. The first kappa shape index (κ1) is 11.1. The third-order valence-electron chi connectivity index (χ3n) is 1.59.